The highest BCUT2D eigenvalue weighted by Crippen LogP contribution is 2.60. The van der Waals surface area contributed by atoms with Crippen molar-refractivity contribution in [3.63, 3.8) is 0 Å². The van der Waals surface area contributed by atoms with E-state index >= 15 is 0 Å². The van der Waals surface area contributed by atoms with Gasteiger partial charge in [0.1, 0.15) is 8.24 Å². The molecule has 0 aromatic carbocycles. The second-order valence-corrected chi connectivity index (χ2v) is 17.8. The summed E-state index contributed by atoms with van der Waals surface area (Å²) >= 11 is 2.20. The molecule has 1 aliphatic carbocycles. The van der Waals surface area contributed by atoms with Crippen LogP contribution in [0.2, 0.25) is 18.1 Å². The third-order valence-corrected chi connectivity index (χ3v) is 13.7. The summed E-state index contributed by atoms with van der Waals surface area (Å²) in [7, 11) is -1.61. The molecule has 0 amide bonds. The minimum Gasteiger partial charge on any atom is -0.376 e. The van der Waals surface area contributed by atoms with Crippen molar-refractivity contribution in [3.8, 4) is 0 Å². The maximum Gasteiger partial charge on any atom is 0.127 e. The van der Waals surface area contributed by atoms with Gasteiger partial charge in [-0.25, -0.2) is 0 Å². The third-order valence-electron chi connectivity index (χ3n) is 7.01. The van der Waals surface area contributed by atoms with Crippen molar-refractivity contribution >= 4 is 20.0 Å². The van der Waals surface area contributed by atoms with Gasteiger partial charge in [-0.05, 0) is 89.1 Å². The van der Waals surface area contributed by atoms with Crippen molar-refractivity contribution in [1.29, 1.82) is 0 Å². The highest BCUT2D eigenvalue weighted by atomic mass is 32.2. The van der Waals surface area contributed by atoms with Gasteiger partial charge in [-0.2, -0.15) is 0 Å². The van der Waals surface area contributed by atoms with Crippen LogP contribution >= 0.6 is 11.8 Å². The van der Waals surface area contributed by atoms with E-state index in [0.29, 0.717) is 0 Å². The SMILES string of the molecule is CC1=CC2C(C)C(C)C([Si](C)(CCCCCCOC(C)(C)C)NC(C)(C)C)C2S1. The molecule has 0 aromatic heterocycles. The van der Waals surface area contributed by atoms with E-state index in [2.05, 4.69) is 91.7 Å². The topological polar surface area (TPSA) is 21.3 Å². The van der Waals surface area contributed by atoms with E-state index in [1.807, 2.05) is 0 Å². The smallest absolute Gasteiger partial charge is 0.127 e. The second kappa shape index (κ2) is 9.79. The van der Waals surface area contributed by atoms with Gasteiger partial charge in [-0.3, -0.25) is 0 Å². The molecular formula is C25H49NOSSi. The van der Waals surface area contributed by atoms with Gasteiger partial charge < -0.3 is 9.72 Å². The van der Waals surface area contributed by atoms with Crippen molar-refractivity contribution < 1.29 is 4.74 Å². The number of ether oxygens (including phenoxy) is 1. The molecule has 29 heavy (non-hydrogen) atoms. The molecule has 1 N–H and O–H groups in total. The largest absolute Gasteiger partial charge is 0.376 e. The third kappa shape index (κ3) is 7.12. The molecule has 1 heterocycles. The fourth-order valence-electron chi connectivity index (χ4n) is 5.88. The average Bonchev–Trinajstić information content (AvgIpc) is 3.01. The van der Waals surface area contributed by atoms with Crippen LogP contribution in [0.5, 0.6) is 0 Å². The number of fused-ring (bicyclic) bond motifs is 1. The summed E-state index contributed by atoms with van der Waals surface area (Å²) in [5.41, 5.74) is 1.07. The Bertz CT molecular complexity index is 564. The zero-order valence-electron chi connectivity index (χ0n) is 21.0. The normalized spacial score (nSPS) is 32.2. The highest BCUT2D eigenvalue weighted by Gasteiger charge is 2.56. The summed E-state index contributed by atoms with van der Waals surface area (Å²) in [5, 5.41) is 0.812. The van der Waals surface area contributed by atoms with Gasteiger partial charge in [0.2, 0.25) is 0 Å². The Morgan fingerprint density at radius 1 is 1.00 bits per heavy atom. The number of hydrogen-bond donors (Lipinski definition) is 1. The fourth-order valence-corrected chi connectivity index (χ4v) is 14.3. The standard InChI is InChI=1S/C25H49NOSSi/c1-18-17-21-19(2)20(3)23(22(21)28-18)29(10,26-24(4,5)6)16-14-12-11-13-15-27-25(7,8)9/h17,19-23,26H,11-16H2,1-10H3. The lowest BCUT2D eigenvalue weighted by Gasteiger charge is -2.44. The Balaban J connectivity index is 1.98. The van der Waals surface area contributed by atoms with Crippen LogP contribution in [0.15, 0.2) is 11.0 Å². The summed E-state index contributed by atoms with van der Waals surface area (Å²) in [6.07, 6.45) is 7.80. The molecular weight excluding hydrogens is 390 g/mol. The minimum absolute atomic E-state index is 0.000917. The van der Waals surface area contributed by atoms with Crippen molar-refractivity contribution in [2.24, 2.45) is 17.8 Å². The quantitative estimate of drug-likeness (QED) is 0.295. The van der Waals surface area contributed by atoms with Gasteiger partial charge >= 0.3 is 0 Å². The molecule has 6 atom stereocenters. The maximum atomic E-state index is 5.89. The summed E-state index contributed by atoms with van der Waals surface area (Å²) in [6, 6.07) is 1.41. The Morgan fingerprint density at radius 2 is 1.62 bits per heavy atom. The molecule has 2 rings (SSSR count). The van der Waals surface area contributed by atoms with Gasteiger partial charge in [-0.1, -0.05) is 45.7 Å². The molecule has 2 nitrogen and oxygen atoms in total. The number of unbranched alkanes of at least 4 members (excludes halogenated alkanes) is 3. The van der Waals surface area contributed by atoms with Crippen LogP contribution in [0.1, 0.15) is 88.0 Å². The maximum absolute atomic E-state index is 5.89. The first-order valence-electron chi connectivity index (χ1n) is 12.0. The number of nitrogens with one attached hydrogen (secondary N) is 1. The van der Waals surface area contributed by atoms with Gasteiger partial charge in [0.05, 0.1) is 5.60 Å². The van der Waals surface area contributed by atoms with Crippen LogP contribution in [0.25, 0.3) is 0 Å². The number of rotatable bonds is 9. The summed E-state index contributed by atoms with van der Waals surface area (Å²) < 4.78 is 5.89. The highest BCUT2D eigenvalue weighted by molar-refractivity contribution is 8.04. The second-order valence-electron chi connectivity index (χ2n) is 12.1. The molecule has 0 radical (unpaired) electrons. The van der Waals surface area contributed by atoms with Gasteiger partial charge in [0.15, 0.2) is 0 Å². The van der Waals surface area contributed by atoms with E-state index in [-0.39, 0.29) is 11.1 Å². The molecule has 4 heteroatoms. The van der Waals surface area contributed by atoms with Crippen LogP contribution < -0.4 is 4.98 Å². The molecule has 0 saturated heterocycles. The molecule has 170 valence electrons. The van der Waals surface area contributed by atoms with Gasteiger partial charge in [0, 0.05) is 17.4 Å². The zero-order valence-corrected chi connectivity index (χ0v) is 22.8. The van der Waals surface area contributed by atoms with Gasteiger partial charge in [-0.15, -0.1) is 11.8 Å². The van der Waals surface area contributed by atoms with E-state index in [0.717, 1.165) is 35.2 Å². The van der Waals surface area contributed by atoms with E-state index in [9.17, 15) is 0 Å². The van der Waals surface area contributed by atoms with E-state index in [4.69, 9.17) is 4.74 Å². The Labute approximate surface area is 187 Å². The van der Waals surface area contributed by atoms with E-state index in [1.54, 1.807) is 4.91 Å². The van der Waals surface area contributed by atoms with Crippen LogP contribution in [0, 0.1) is 17.8 Å². The first kappa shape index (κ1) is 25.5. The van der Waals surface area contributed by atoms with Crippen molar-refractivity contribution in [2.75, 3.05) is 6.61 Å². The summed E-state index contributed by atoms with van der Waals surface area (Å²) in [5.74, 6) is 2.44. The monoisotopic (exact) mass is 439 g/mol. The van der Waals surface area contributed by atoms with Crippen molar-refractivity contribution in [1.82, 2.24) is 4.98 Å². The lowest BCUT2D eigenvalue weighted by molar-refractivity contribution is -0.00471. The Hall–Kier alpha value is 0.227. The molecule has 1 saturated carbocycles. The van der Waals surface area contributed by atoms with Crippen LogP contribution in [0.3, 0.4) is 0 Å². The molecule has 6 unspecified atom stereocenters. The number of hydrogen-bond acceptors (Lipinski definition) is 3. The molecule has 0 bridgehead atoms. The molecule has 1 fully saturated rings. The van der Waals surface area contributed by atoms with Crippen LogP contribution in [-0.4, -0.2) is 31.2 Å². The molecule has 0 aromatic rings. The Morgan fingerprint density at radius 3 is 2.21 bits per heavy atom. The average molecular weight is 440 g/mol. The van der Waals surface area contributed by atoms with E-state index < -0.39 is 8.24 Å². The molecule has 0 spiro atoms. The predicted octanol–water partition coefficient (Wildman–Crippen LogP) is 7.62. The van der Waals surface area contributed by atoms with Crippen molar-refractivity contribution in [2.45, 2.75) is 123 Å². The zero-order chi connectivity index (χ0) is 22.0. The Kier molecular flexibility index (Phi) is 8.61. The lowest BCUT2D eigenvalue weighted by Crippen LogP contribution is -2.61. The molecule has 1 aliphatic heterocycles. The molecule has 2 aliphatic rings. The number of allylic oxidation sites excluding steroid dienone is 2. The minimum atomic E-state index is -1.61. The fraction of sp³-hybridized carbons (Fsp3) is 0.920. The van der Waals surface area contributed by atoms with Crippen LogP contribution in [0.4, 0.5) is 0 Å². The van der Waals surface area contributed by atoms with Crippen molar-refractivity contribution in [3.05, 3.63) is 11.0 Å². The lowest BCUT2D eigenvalue weighted by atomic mass is 9.92. The predicted molar refractivity (Wildman–Crippen MR) is 134 cm³/mol. The van der Waals surface area contributed by atoms with E-state index in [1.165, 1.54) is 31.7 Å². The summed E-state index contributed by atoms with van der Waals surface area (Å²) in [4.78, 5) is 5.82. The summed E-state index contributed by atoms with van der Waals surface area (Å²) in [6.45, 7) is 24.5. The van der Waals surface area contributed by atoms with Gasteiger partial charge in [0.25, 0.3) is 0 Å². The first-order chi connectivity index (χ1) is 13.2. The number of thioether (sulfide) groups is 1. The van der Waals surface area contributed by atoms with Crippen LogP contribution in [-0.2, 0) is 4.74 Å². The first-order valence-corrected chi connectivity index (χ1v) is 15.7.